The maximum absolute atomic E-state index is 11.5. The van der Waals surface area contributed by atoms with Crippen LogP contribution in [0.2, 0.25) is 0 Å². The molecule has 1 aliphatic heterocycles. The molecule has 2 aliphatic rings. The van der Waals surface area contributed by atoms with Crippen LogP contribution in [0.15, 0.2) is 11.1 Å². The van der Waals surface area contributed by atoms with Gasteiger partial charge >= 0.3 is 0 Å². The number of hydrogen-bond donors (Lipinski definition) is 0. The molecule has 1 saturated carbocycles. The first-order valence-corrected chi connectivity index (χ1v) is 5.32. The first-order chi connectivity index (χ1) is 6.70. The largest absolute Gasteiger partial charge is 0.272 e. The molecule has 0 aromatic carbocycles. The smallest absolute Gasteiger partial charge is 0.271 e. The van der Waals surface area contributed by atoms with Crippen molar-refractivity contribution in [1.82, 2.24) is 4.90 Å². The Bertz CT molecular complexity index is 305. The van der Waals surface area contributed by atoms with Crippen LogP contribution in [0.5, 0.6) is 0 Å². The monoisotopic (exact) mass is 213 g/mol. The molecule has 4 heteroatoms. The first-order valence-electron chi connectivity index (χ1n) is 4.95. The molecule has 1 aliphatic carbocycles. The lowest BCUT2D eigenvalue weighted by molar-refractivity contribution is -0.140. The minimum atomic E-state index is -0.316. The first kappa shape index (κ1) is 9.71. The Morgan fingerprint density at radius 1 is 1.21 bits per heavy atom. The van der Waals surface area contributed by atoms with E-state index in [0.29, 0.717) is 0 Å². The predicted molar refractivity (Wildman–Crippen MR) is 52.7 cm³/mol. The fourth-order valence-electron chi connectivity index (χ4n) is 2.14. The number of hydrogen-bond acceptors (Lipinski definition) is 2. The van der Waals surface area contributed by atoms with Gasteiger partial charge in [-0.1, -0.05) is 30.9 Å². The van der Waals surface area contributed by atoms with Crippen molar-refractivity contribution in [3.05, 3.63) is 11.1 Å². The van der Waals surface area contributed by atoms with E-state index in [4.69, 9.17) is 11.6 Å². The average molecular weight is 214 g/mol. The summed E-state index contributed by atoms with van der Waals surface area (Å²) >= 11 is 5.62. The van der Waals surface area contributed by atoms with Crippen LogP contribution in [0.25, 0.3) is 0 Å². The quantitative estimate of drug-likeness (QED) is 0.623. The van der Waals surface area contributed by atoms with Crippen molar-refractivity contribution in [2.75, 3.05) is 0 Å². The number of amides is 2. The molecule has 3 nitrogen and oxygen atoms in total. The topological polar surface area (TPSA) is 37.4 Å². The second-order valence-corrected chi connectivity index (χ2v) is 4.20. The van der Waals surface area contributed by atoms with Crippen LogP contribution in [0.3, 0.4) is 0 Å². The van der Waals surface area contributed by atoms with Gasteiger partial charge in [-0.15, -0.1) is 0 Å². The summed E-state index contributed by atoms with van der Waals surface area (Å²) in [5.74, 6) is -0.560. The molecule has 0 bridgehead atoms. The average Bonchev–Trinajstić information content (AvgIpc) is 2.43. The fraction of sp³-hybridized carbons (Fsp3) is 0.600. The summed E-state index contributed by atoms with van der Waals surface area (Å²) < 4.78 is 0. The van der Waals surface area contributed by atoms with E-state index in [-0.39, 0.29) is 22.9 Å². The molecule has 0 aromatic rings. The fourth-order valence-corrected chi connectivity index (χ4v) is 2.32. The molecule has 0 atom stereocenters. The summed E-state index contributed by atoms with van der Waals surface area (Å²) in [6.45, 7) is 0. The molecule has 2 rings (SSSR count). The molecule has 2 amide bonds. The lowest BCUT2D eigenvalue weighted by Gasteiger charge is -2.29. The standard InChI is InChI=1S/C10H12ClNO2/c11-8-6-9(13)12(10(8)14)7-4-2-1-3-5-7/h6-7H,1-5H2. The number of imide groups is 1. The summed E-state index contributed by atoms with van der Waals surface area (Å²) in [5.41, 5.74) is 0. The van der Waals surface area contributed by atoms with E-state index in [2.05, 4.69) is 0 Å². The van der Waals surface area contributed by atoms with Gasteiger partial charge in [-0.2, -0.15) is 0 Å². The van der Waals surface area contributed by atoms with Crippen molar-refractivity contribution >= 4 is 23.4 Å². The Labute approximate surface area is 87.7 Å². The summed E-state index contributed by atoms with van der Waals surface area (Å²) in [6, 6.07) is 0.0799. The number of nitrogens with zero attached hydrogens (tertiary/aromatic N) is 1. The van der Waals surface area contributed by atoms with Gasteiger partial charge in [0.15, 0.2) is 0 Å². The van der Waals surface area contributed by atoms with E-state index < -0.39 is 0 Å². The second-order valence-electron chi connectivity index (χ2n) is 3.80. The number of carbonyl (C=O) groups is 2. The van der Waals surface area contributed by atoms with E-state index in [0.717, 1.165) is 25.7 Å². The van der Waals surface area contributed by atoms with Gasteiger partial charge in [-0.25, -0.2) is 0 Å². The zero-order valence-electron chi connectivity index (χ0n) is 7.83. The van der Waals surface area contributed by atoms with Gasteiger partial charge in [0.1, 0.15) is 5.03 Å². The molecule has 14 heavy (non-hydrogen) atoms. The molecule has 0 aromatic heterocycles. The van der Waals surface area contributed by atoms with Gasteiger partial charge in [0.2, 0.25) is 0 Å². The van der Waals surface area contributed by atoms with Crippen LogP contribution in [0, 0.1) is 0 Å². The molecular weight excluding hydrogens is 202 g/mol. The summed E-state index contributed by atoms with van der Waals surface area (Å²) in [4.78, 5) is 24.3. The van der Waals surface area contributed by atoms with Gasteiger partial charge in [-0.3, -0.25) is 14.5 Å². The van der Waals surface area contributed by atoms with Gasteiger partial charge in [0.25, 0.3) is 11.8 Å². The third kappa shape index (κ3) is 1.57. The van der Waals surface area contributed by atoms with Crippen molar-refractivity contribution in [2.24, 2.45) is 0 Å². The third-order valence-corrected chi connectivity index (χ3v) is 3.12. The summed E-state index contributed by atoms with van der Waals surface area (Å²) in [6.07, 6.45) is 6.47. The van der Waals surface area contributed by atoms with Crippen molar-refractivity contribution < 1.29 is 9.59 Å². The highest BCUT2D eigenvalue weighted by atomic mass is 35.5. The highest BCUT2D eigenvalue weighted by molar-refractivity contribution is 6.46. The van der Waals surface area contributed by atoms with Gasteiger partial charge < -0.3 is 0 Å². The van der Waals surface area contributed by atoms with Crippen LogP contribution in [0.1, 0.15) is 32.1 Å². The highest BCUT2D eigenvalue weighted by Gasteiger charge is 2.35. The number of rotatable bonds is 1. The molecule has 0 radical (unpaired) electrons. The van der Waals surface area contributed by atoms with Gasteiger partial charge in [-0.05, 0) is 12.8 Å². The molecule has 0 unspecified atom stereocenters. The summed E-state index contributed by atoms with van der Waals surface area (Å²) in [5, 5.41) is 0.0561. The molecule has 1 fully saturated rings. The zero-order chi connectivity index (χ0) is 10.1. The Morgan fingerprint density at radius 2 is 1.86 bits per heavy atom. The lowest BCUT2D eigenvalue weighted by atomic mass is 9.94. The maximum atomic E-state index is 11.5. The SMILES string of the molecule is O=C1C=C(Cl)C(=O)N1C1CCCCC1. The van der Waals surface area contributed by atoms with Crippen molar-refractivity contribution in [3.63, 3.8) is 0 Å². The van der Waals surface area contributed by atoms with Crippen LogP contribution in [-0.4, -0.2) is 22.8 Å². The zero-order valence-corrected chi connectivity index (χ0v) is 8.59. The minimum absolute atomic E-state index is 0.0561. The number of carbonyl (C=O) groups excluding carboxylic acids is 2. The minimum Gasteiger partial charge on any atom is -0.271 e. The predicted octanol–water partition coefficient (Wildman–Crippen LogP) is 1.81. The molecule has 76 valence electrons. The molecule has 0 spiro atoms. The Balaban J connectivity index is 2.11. The Kier molecular flexibility index (Phi) is 2.59. The molecule has 1 heterocycles. The number of halogens is 1. The van der Waals surface area contributed by atoms with E-state index >= 15 is 0 Å². The highest BCUT2D eigenvalue weighted by Crippen LogP contribution is 2.27. The summed E-state index contributed by atoms with van der Waals surface area (Å²) in [7, 11) is 0. The van der Waals surface area contributed by atoms with Crippen molar-refractivity contribution in [2.45, 2.75) is 38.1 Å². The Hall–Kier alpha value is -0.830. The third-order valence-electron chi connectivity index (χ3n) is 2.85. The maximum Gasteiger partial charge on any atom is 0.272 e. The second kappa shape index (κ2) is 3.73. The molecular formula is C10H12ClNO2. The van der Waals surface area contributed by atoms with Crippen LogP contribution >= 0.6 is 11.6 Å². The lowest BCUT2D eigenvalue weighted by Crippen LogP contribution is -2.41. The van der Waals surface area contributed by atoms with E-state index in [1.807, 2.05) is 0 Å². The van der Waals surface area contributed by atoms with E-state index in [9.17, 15) is 9.59 Å². The molecule has 0 saturated heterocycles. The Morgan fingerprint density at radius 3 is 2.36 bits per heavy atom. The van der Waals surface area contributed by atoms with Crippen LogP contribution < -0.4 is 0 Å². The van der Waals surface area contributed by atoms with Crippen LogP contribution in [-0.2, 0) is 9.59 Å². The van der Waals surface area contributed by atoms with Crippen LogP contribution in [0.4, 0.5) is 0 Å². The van der Waals surface area contributed by atoms with E-state index in [1.54, 1.807) is 0 Å². The van der Waals surface area contributed by atoms with Gasteiger partial charge in [0.05, 0.1) is 0 Å². The molecule has 0 N–H and O–H groups in total. The normalized spacial score (nSPS) is 24.4. The van der Waals surface area contributed by atoms with E-state index in [1.165, 1.54) is 17.4 Å². The van der Waals surface area contributed by atoms with Gasteiger partial charge in [0, 0.05) is 12.1 Å². The van der Waals surface area contributed by atoms with Crippen molar-refractivity contribution in [3.8, 4) is 0 Å². The van der Waals surface area contributed by atoms with Crippen molar-refractivity contribution in [1.29, 1.82) is 0 Å².